The summed E-state index contributed by atoms with van der Waals surface area (Å²) in [7, 11) is 0. The molecule has 1 aromatic carbocycles. The van der Waals surface area contributed by atoms with Crippen molar-refractivity contribution in [1.29, 1.82) is 0 Å². The summed E-state index contributed by atoms with van der Waals surface area (Å²) in [5.74, 6) is -0.327. The zero-order chi connectivity index (χ0) is 15.1. The molecule has 0 bridgehead atoms. The van der Waals surface area contributed by atoms with Gasteiger partial charge in [-0.25, -0.2) is 0 Å². The van der Waals surface area contributed by atoms with Gasteiger partial charge >= 0.3 is 0 Å². The lowest BCUT2D eigenvalue weighted by atomic mass is 10.1. The van der Waals surface area contributed by atoms with Gasteiger partial charge in [0.2, 0.25) is 5.91 Å². The summed E-state index contributed by atoms with van der Waals surface area (Å²) >= 11 is 0. The summed E-state index contributed by atoms with van der Waals surface area (Å²) in [6.07, 6.45) is 1.52. The minimum absolute atomic E-state index is 0.0916. The third kappa shape index (κ3) is 5.01. The Morgan fingerprint density at radius 3 is 2.30 bits per heavy atom. The SMILES string of the molecule is CCC[C@@H](N)C(=O)Nc1ccc(C(=O)NC(C)C)cc1. The molecule has 0 aliphatic carbocycles. The van der Waals surface area contributed by atoms with Crippen LogP contribution in [0, 0.1) is 0 Å². The topological polar surface area (TPSA) is 84.2 Å². The molecular weight excluding hydrogens is 254 g/mol. The van der Waals surface area contributed by atoms with Gasteiger partial charge in [-0.05, 0) is 44.5 Å². The van der Waals surface area contributed by atoms with Crippen molar-refractivity contribution >= 4 is 17.5 Å². The fourth-order valence-electron chi connectivity index (χ4n) is 1.73. The van der Waals surface area contributed by atoms with Gasteiger partial charge in [-0.3, -0.25) is 9.59 Å². The highest BCUT2D eigenvalue weighted by molar-refractivity contribution is 5.97. The van der Waals surface area contributed by atoms with E-state index >= 15 is 0 Å². The number of benzene rings is 1. The summed E-state index contributed by atoms with van der Waals surface area (Å²) in [5, 5.41) is 5.55. The first-order valence-electron chi connectivity index (χ1n) is 6.91. The maximum Gasteiger partial charge on any atom is 0.251 e. The Kier molecular flexibility index (Phi) is 6.18. The molecule has 2 amide bonds. The molecule has 1 atom stereocenters. The molecule has 20 heavy (non-hydrogen) atoms. The van der Waals surface area contributed by atoms with Gasteiger partial charge in [0.1, 0.15) is 0 Å². The number of rotatable bonds is 6. The van der Waals surface area contributed by atoms with Gasteiger partial charge < -0.3 is 16.4 Å². The van der Waals surface area contributed by atoms with Gasteiger partial charge in [0.25, 0.3) is 5.91 Å². The monoisotopic (exact) mass is 277 g/mol. The van der Waals surface area contributed by atoms with Crippen molar-refractivity contribution in [3.63, 3.8) is 0 Å². The first-order chi connectivity index (χ1) is 9.43. The fourth-order valence-corrected chi connectivity index (χ4v) is 1.73. The molecular formula is C15H23N3O2. The van der Waals surface area contributed by atoms with Crippen LogP contribution in [0.25, 0.3) is 0 Å². The van der Waals surface area contributed by atoms with Crippen LogP contribution in [0.3, 0.4) is 0 Å². The summed E-state index contributed by atoms with van der Waals surface area (Å²) < 4.78 is 0. The van der Waals surface area contributed by atoms with Gasteiger partial charge in [0.05, 0.1) is 6.04 Å². The van der Waals surface area contributed by atoms with Gasteiger partial charge in [-0.2, -0.15) is 0 Å². The van der Waals surface area contributed by atoms with Gasteiger partial charge in [0, 0.05) is 17.3 Å². The molecule has 4 N–H and O–H groups in total. The van der Waals surface area contributed by atoms with Crippen LogP contribution in [0.5, 0.6) is 0 Å². The predicted molar refractivity (Wildman–Crippen MR) is 80.6 cm³/mol. The molecule has 5 heteroatoms. The summed E-state index contributed by atoms with van der Waals surface area (Å²) in [6.45, 7) is 5.79. The van der Waals surface area contributed by atoms with E-state index in [4.69, 9.17) is 5.73 Å². The minimum Gasteiger partial charge on any atom is -0.350 e. The van der Waals surface area contributed by atoms with Crippen molar-refractivity contribution in [3.8, 4) is 0 Å². The minimum atomic E-state index is -0.496. The Morgan fingerprint density at radius 1 is 1.20 bits per heavy atom. The van der Waals surface area contributed by atoms with Crippen molar-refractivity contribution in [2.45, 2.75) is 45.7 Å². The second-order valence-corrected chi connectivity index (χ2v) is 5.09. The Morgan fingerprint density at radius 2 is 1.80 bits per heavy atom. The van der Waals surface area contributed by atoms with Crippen LogP contribution < -0.4 is 16.4 Å². The van der Waals surface area contributed by atoms with Gasteiger partial charge in [-0.1, -0.05) is 13.3 Å². The van der Waals surface area contributed by atoms with E-state index in [1.165, 1.54) is 0 Å². The first kappa shape index (κ1) is 16.2. The molecule has 0 unspecified atom stereocenters. The molecule has 110 valence electrons. The van der Waals surface area contributed by atoms with Crippen LogP contribution in [-0.4, -0.2) is 23.9 Å². The van der Waals surface area contributed by atoms with E-state index in [9.17, 15) is 9.59 Å². The predicted octanol–water partition coefficient (Wildman–Crippen LogP) is 1.89. The molecule has 0 radical (unpaired) electrons. The van der Waals surface area contributed by atoms with Crippen LogP contribution in [-0.2, 0) is 4.79 Å². The molecule has 0 aliphatic rings. The highest BCUT2D eigenvalue weighted by atomic mass is 16.2. The lowest BCUT2D eigenvalue weighted by Gasteiger charge is -2.12. The normalized spacial score (nSPS) is 12.1. The van der Waals surface area contributed by atoms with Crippen molar-refractivity contribution < 1.29 is 9.59 Å². The Hall–Kier alpha value is -1.88. The maximum absolute atomic E-state index is 11.8. The number of nitrogens with one attached hydrogen (secondary N) is 2. The van der Waals surface area contributed by atoms with Crippen molar-refractivity contribution in [2.75, 3.05) is 5.32 Å². The Balaban J connectivity index is 2.63. The summed E-state index contributed by atoms with van der Waals surface area (Å²) in [6, 6.07) is 6.35. The van der Waals surface area contributed by atoms with E-state index in [2.05, 4.69) is 10.6 Å². The average molecular weight is 277 g/mol. The number of nitrogens with two attached hydrogens (primary N) is 1. The number of anilines is 1. The van der Waals surface area contributed by atoms with Crippen LogP contribution in [0.15, 0.2) is 24.3 Å². The van der Waals surface area contributed by atoms with E-state index in [1.54, 1.807) is 24.3 Å². The highest BCUT2D eigenvalue weighted by Crippen LogP contribution is 2.10. The van der Waals surface area contributed by atoms with Crippen molar-refractivity contribution in [2.24, 2.45) is 5.73 Å². The number of carbonyl (C=O) groups is 2. The summed E-state index contributed by atoms with van der Waals surface area (Å²) in [5.41, 5.74) is 6.94. The molecule has 1 rings (SSSR count). The molecule has 5 nitrogen and oxygen atoms in total. The number of hydrogen-bond acceptors (Lipinski definition) is 3. The lowest BCUT2D eigenvalue weighted by molar-refractivity contribution is -0.117. The van der Waals surface area contributed by atoms with Crippen LogP contribution in [0.4, 0.5) is 5.69 Å². The summed E-state index contributed by atoms with van der Waals surface area (Å²) in [4.78, 5) is 23.5. The second kappa shape index (κ2) is 7.65. The largest absolute Gasteiger partial charge is 0.350 e. The Labute approximate surface area is 119 Å². The molecule has 0 heterocycles. The van der Waals surface area contributed by atoms with E-state index < -0.39 is 6.04 Å². The smallest absolute Gasteiger partial charge is 0.251 e. The second-order valence-electron chi connectivity index (χ2n) is 5.09. The third-order valence-corrected chi connectivity index (χ3v) is 2.77. The molecule has 0 aromatic heterocycles. The number of amides is 2. The van der Waals surface area contributed by atoms with Crippen LogP contribution in [0.1, 0.15) is 44.0 Å². The lowest BCUT2D eigenvalue weighted by Crippen LogP contribution is -2.35. The molecule has 0 aliphatic heterocycles. The zero-order valence-corrected chi connectivity index (χ0v) is 12.3. The molecule has 0 saturated carbocycles. The van der Waals surface area contributed by atoms with E-state index in [1.807, 2.05) is 20.8 Å². The standard InChI is InChI=1S/C15H23N3O2/c1-4-5-13(16)15(20)18-12-8-6-11(7-9-12)14(19)17-10(2)3/h6-10,13H,4-5,16H2,1-3H3,(H,17,19)(H,18,20)/t13-/m1/s1. The highest BCUT2D eigenvalue weighted by Gasteiger charge is 2.12. The quantitative estimate of drug-likeness (QED) is 0.742. The third-order valence-electron chi connectivity index (χ3n) is 2.77. The number of hydrogen-bond donors (Lipinski definition) is 3. The van der Waals surface area contributed by atoms with Gasteiger partial charge in [-0.15, -0.1) is 0 Å². The van der Waals surface area contributed by atoms with E-state index in [0.717, 1.165) is 6.42 Å². The fraction of sp³-hybridized carbons (Fsp3) is 0.467. The Bertz CT molecular complexity index is 455. The van der Waals surface area contributed by atoms with E-state index in [0.29, 0.717) is 17.7 Å². The zero-order valence-electron chi connectivity index (χ0n) is 12.3. The molecule has 0 fully saturated rings. The van der Waals surface area contributed by atoms with Crippen LogP contribution >= 0.6 is 0 Å². The first-order valence-corrected chi connectivity index (χ1v) is 6.91. The number of carbonyl (C=O) groups excluding carboxylic acids is 2. The molecule has 1 aromatic rings. The van der Waals surface area contributed by atoms with Crippen molar-refractivity contribution in [3.05, 3.63) is 29.8 Å². The van der Waals surface area contributed by atoms with Gasteiger partial charge in [0.15, 0.2) is 0 Å². The van der Waals surface area contributed by atoms with Crippen molar-refractivity contribution in [1.82, 2.24) is 5.32 Å². The molecule has 0 spiro atoms. The average Bonchev–Trinajstić information content (AvgIpc) is 2.39. The van der Waals surface area contributed by atoms with E-state index in [-0.39, 0.29) is 17.9 Å². The van der Waals surface area contributed by atoms with Crippen LogP contribution in [0.2, 0.25) is 0 Å². The maximum atomic E-state index is 11.8. The molecule has 0 saturated heterocycles.